The molecule has 2 heterocycles. The Labute approximate surface area is 394 Å². The van der Waals surface area contributed by atoms with E-state index in [-0.39, 0.29) is 17.5 Å². The fraction of sp³-hybridized carbons (Fsp3) is 0.156. The van der Waals surface area contributed by atoms with E-state index < -0.39 is 0 Å². The summed E-state index contributed by atoms with van der Waals surface area (Å²) in [5.74, 6) is 0. The second kappa shape index (κ2) is 14.6. The van der Waals surface area contributed by atoms with E-state index in [1.165, 1.54) is 126 Å². The minimum absolute atomic E-state index is 0.00339. The second-order valence-corrected chi connectivity index (χ2v) is 20.4. The van der Waals surface area contributed by atoms with Gasteiger partial charge in [0.1, 0.15) is 0 Å². The third kappa shape index (κ3) is 5.64. The topological polar surface area (TPSA) is 6.48 Å². The summed E-state index contributed by atoms with van der Waals surface area (Å²) < 4.78 is 0. The number of hydrogen-bond acceptors (Lipinski definition) is 2. The minimum atomic E-state index is -0.00339. The highest BCUT2D eigenvalue weighted by molar-refractivity contribution is 7.00. The monoisotopic (exact) mass is 860 g/mol. The van der Waals surface area contributed by atoms with Crippen molar-refractivity contribution in [1.29, 1.82) is 0 Å². The largest absolute Gasteiger partial charge is 0.311 e. The van der Waals surface area contributed by atoms with Crippen LogP contribution in [0.1, 0.15) is 65.5 Å². The molecule has 0 aliphatic carbocycles. The highest BCUT2D eigenvalue weighted by atomic mass is 15.2. The molecule has 0 unspecified atom stereocenters. The molecule has 0 radical (unpaired) electrons. The normalized spacial score (nSPS) is 13.6. The van der Waals surface area contributed by atoms with Crippen LogP contribution in [0.15, 0.2) is 188 Å². The number of nitrogens with zero attached hydrogens (tertiary/aromatic N) is 2. The van der Waals surface area contributed by atoms with E-state index in [0.29, 0.717) is 0 Å². The van der Waals surface area contributed by atoms with E-state index in [4.69, 9.17) is 0 Å². The van der Waals surface area contributed by atoms with Gasteiger partial charge in [0, 0.05) is 33.5 Å². The van der Waals surface area contributed by atoms with Crippen molar-refractivity contribution in [3.05, 3.63) is 199 Å². The number of hydrogen-bond donors (Lipinski definition) is 0. The van der Waals surface area contributed by atoms with Gasteiger partial charge in [-0.2, -0.15) is 0 Å². The van der Waals surface area contributed by atoms with Gasteiger partial charge in [-0.25, -0.2) is 0 Å². The highest BCUT2D eigenvalue weighted by Crippen LogP contribution is 2.51. The summed E-state index contributed by atoms with van der Waals surface area (Å²) in [4.78, 5) is 5.26. The molecule has 2 nitrogen and oxygen atoms in total. The first-order valence-corrected chi connectivity index (χ1v) is 24.3. The van der Waals surface area contributed by atoms with Gasteiger partial charge < -0.3 is 9.80 Å². The average molecular weight is 861 g/mol. The molecule has 3 heteroatoms. The van der Waals surface area contributed by atoms with E-state index in [1.54, 1.807) is 0 Å². The smallest absolute Gasteiger partial charge is 0.252 e. The lowest BCUT2D eigenvalue weighted by atomic mass is 9.33. The molecule has 0 amide bonds. The van der Waals surface area contributed by atoms with Crippen LogP contribution in [0.2, 0.25) is 0 Å². The van der Waals surface area contributed by atoms with Crippen LogP contribution in [0.5, 0.6) is 0 Å². The Morgan fingerprint density at radius 1 is 0.328 bits per heavy atom. The van der Waals surface area contributed by atoms with Gasteiger partial charge in [0.05, 0.1) is 11.4 Å². The molecule has 13 rings (SSSR count). The zero-order valence-corrected chi connectivity index (χ0v) is 39.3. The summed E-state index contributed by atoms with van der Waals surface area (Å²) >= 11 is 0. The number of benzene rings is 11. The van der Waals surface area contributed by atoms with Gasteiger partial charge >= 0.3 is 0 Å². The van der Waals surface area contributed by atoms with Crippen molar-refractivity contribution in [2.45, 2.75) is 65.2 Å². The Morgan fingerprint density at radius 2 is 0.627 bits per heavy atom. The van der Waals surface area contributed by atoms with Crippen LogP contribution in [0.3, 0.4) is 0 Å². The Morgan fingerprint density at radius 3 is 0.985 bits per heavy atom. The quantitative estimate of drug-likeness (QED) is 0.121. The van der Waals surface area contributed by atoms with Crippen LogP contribution in [-0.2, 0) is 10.8 Å². The molecular formula is C64H53BN2. The minimum Gasteiger partial charge on any atom is -0.311 e. The lowest BCUT2D eigenvalue weighted by Gasteiger charge is -2.45. The third-order valence-corrected chi connectivity index (χ3v) is 16.3. The molecule has 0 saturated carbocycles. The van der Waals surface area contributed by atoms with Crippen LogP contribution in [0.4, 0.5) is 34.1 Å². The van der Waals surface area contributed by atoms with Crippen molar-refractivity contribution in [1.82, 2.24) is 0 Å². The Balaban J connectivity index is 1.18. The Kier molecular flexibility index (Phi) is 8.69. The number of rotatable bonds is 6. The molecule has 11 aromatic carbocycles. The third-order valence-electron chi connectivity index (χ3n) is 16.3. The molecule has 0 N–H and O–H groups in total. The van der Waals surface area contributed by atoms with E-state index in [1.807, 2.05) is 0 Å². The lowest BCUT2D eigenvalue weighted by molar-refractivity contribution is 0.506. The highest BCUT2D eigenvalue weighted by Gasteiger charge is 2.45. The summed E-state index contributed by atoms with van der Waals surface area (Å²) in [6.45, 7) is 14.3. The maximum absolute atomic E-state index is 2.63. The first-order valence-electron chi connectivity index (χ1n) is 24.3. The molecule has 0 fully saturated rings. The van der Waals surface area contributed by atoms with Crippen LogP contribution in [0, 0.1) is 0 Å². The molecule has 0 aromatic heterocycles. The van der Waals surface area contributed by atoms with E-state index in [9.17, 15) is 0 Å². The zero-order valence-electron chi connectivity index (χ0n) is 39.3. The molecule has 11 aromatic rings. The van der Waals surface area contributed by atoms with Crippen LogP contribution < -0.4 is 26.2 Å². The summed E-state index contributed by atoms with van der Waals surface area (Å²) in [5.41, 5.74) is 14.2. The molecular weight excluding hydrogens is 808 g/mol. The van der Waals surface area contributed by atoms with Gasteiger partial charge in [-0.15, -0.1) is 0 Å². The van der Waals surface area contributed by atoms with Gasteiger partial charge in [0.25, 0.3) is 6.71 Å². The molecule has 322 valence electrons. The molecule has 2 aliphatic rings. The van der Waals surface area contributed by atoms with Gasteiger partial charge in [-0.1, -0.05) is 193 Å². The SMILES string of the molecule is CCC(C)(C)c1ccc2c(c1)B1c3cc(C(C)(C)CC)ccc3N(c3cccc4c5ccccc5c5ccccc5c34)c3cccc(c31)N2c1cccc2c3ccccc3c3ccccc3c12. The van der Waals surface area contributed by atoms with E-state index in [2.05, 4.69) is 239 Å². The van der Waals surface area contributed by atoms with Crippen molar-refractivity contribution >= 4 is 122 Å². The predicted octanol–water partition coefficient (Wildman–Crippen LogP) is 16.1. The summed E-state index contributed by atoms with van der Waals surface area (Å²) in [6.07, 6.45) is 2.10. The summed E-state index contributed by atoms with van der Waals surface area (Å²) in [6, 6.07) is 71.9. The first kappa shape index (κ1) is 40.0. The van der Waals surface area contributed by atoms with Crippen molar-refractivity contribution in [3.63, 3.8) is 0 Å². The Bertz CT molecular complexity index is 3540. The van der Waals surface area contributed by atoms with Gasteiger partial charge in [0.15, 0.2) is 0 Å². The second-order valence-electron chi connectivity index (χ2n) is 20.4. The van der Waals surface area contributed by atoms with Crippen molar-refractivity contribution in [2.75, 3.05) is 9.80 Å². The molecule has 2 aliphatic heterocycles. The van der Waals surface area contributed by atoms with Crippen molar-refractivity contribution in [2.24, 2.45) is 0 Å². The lowest BCUT2D eigenvalue weighted by Crippen LogP contribution is -2.61. The average Bonchev–Trinajstić information content (AvgIpc) is 3.38. The van der Waals surface area contributed by atoms with E-state index in [0.717, 1.165) is 12.8 Å². The summed E-state index contributed by atoms with van der Waals surface area (Å²) in [7, 11) is 0. The molecule has 0 spiro atoms. The number of fused-ring (bicyclic) bond motifs is 16. The fourth-order valence-corrected chi connectivity index (χ4v) is 12.0. The maximum atomic E-state index is 2.63. The van der Waals surface area contributed by atoms with Gasteiger partial charge in [-0.3, -0.25) is 0 Å². The molecule has 0 saturated heterocycles. The van der Waals surface area contributed by atoms with Crippen LogP contribution in [-0.4, -0.2) is 6.71 Å². The van der Waals surface area contributed by atoms with Crippen LogP contribution in [0.25, 0.3) is 64.6 Å². The van der Waals surface area contributed by atoms with Crippen molar-refractivity contribution < 1.29 is 0 Å². The molecule has 0 bridgehead atoms. The van der Waals surface area contributed by atoms with E-state index >= 15 is 0 Å². The summed E-state index contributed by atoms with van der Waals surface area (Å²) in [5, 5.41) is 15.4. The standard InChI is InChI=1S/C64H53BN2/c1-7-63(3,4)40-34-36-54-52(38-40)65-53-39-41(64(5,6)8-2)35-37-55(53)67(57-31-18-29-51-47-23-12-10-21-43(47)45-25-14-16-27-49(45)61(51)57)59-33-19-32-58(62(59)65)66(54)56-30-17-28-50-46-22-11-9-20-42(46)44-24-13-15-26-48(44)60(50)56/h9-39H,7-8H2,1-6H3. The maximum Gasteiger partial charge on any atom is 0.252 e. The molecule has 0 atom stereocenters. The van der Waals surface area contributed by atoms with Gasteiger partial charge in [0.2, 0.25) is 0 Å². The zero-order chi connectivity index (χ0) is 45.3. The van der Waals surface area contributed by atoms with Crippen LogP contribution >= 0.6 is 0 Å². The first-order chi connectivity index (χ1) is 32.7. The predicted molar refractivity (Wildman–Crippen MR) is 292 cm³/mol. The molecule has 67 heavy (non-hydrogen) atoms. The number of anilines is 6. The fourth-order valence-electron chi connectivity index (χ4n) is 12.0. The van der Waals surface area contributed by atoms with Gasteiger partial charge in [-0.05, 0) is 141 Å². The Hall–Kier alpha value is -7.36. The van der Waals surface area contributed by atoms with Crippen molar-refractivity contribution in [3.8, 4) is 0 Å².